The number of hydrogen-bond donors (Lipinski definition) is 0. The van der Waals surface area contributed by atoms with Crippen molar-refractivity contribution in [2.45, 2.75) is 18.5 Å². The second kappa shape index (κ2) is 6.60. The van der Waals surface area contributed by atoms with Crippen molar-refractivity contribution >= 4 is 29.3 Å². The Balaban J connectivity index is 1.65. The number of ether oxygens (including phenoxy) is 1. The molecule has 0 radical (unpaired) electrons. The molecule has 142 valence electrons. The van der Waals surface area contributed by atoms with E-state index in [1.165, 1.54) is 16.8 Å². The molecule has 0 saturated carbocycles. The van der Waals surface area contributed by atoms with Gasteiger partial charge in [0, 0.05) is 25.5 Å². The SMILES string of the molecule is CN1C(=O)c2ccccc2N2C(=O)CC[C@@]12C(=O)OCC(=O)c1ccccc1. The number of likely N-dealkylation sites (N-methyl/N-ethyl adjacent to an activating group) is 1. The number of fused-ring (bicyclic) bond motifs is 3. The van der Waals surface area contributed by atoms with Crippen LogP contribution in [-0.4, -0.2) is 47.8 Å². The first-order valence-corrected chi connectivity index (χ1v) is 8.92. The van der Waals surface area contributed by atoms with Crippen LogP contribution in [0.5, 0.6) is 0 Å². The number of hydrogen-bond acceptors (Lipinski definition) is 5. The topological polar surface area (TPSA) is 84.0 Å². The lowest BCUT2D eigenvalue weighted by Crippen LogP contribution is -2.67. The van der Waals surface area contributed by atoms with E-state index in [9.17, 15) is 19.2 Å². The Labute approximate surface area is 161 Å². The lowest BCUT2D eigenvalue weighted by molar-refractivity contribution is -0.155. The van der Waals surface area contributed by atoms with Crippen LogP contribution in [-0.2, 0) is 14.3 Å². The van der Waals surface area contributed by atoms with Gasteiger partial charge in [-0.3, -0.25) is 19.3 Å². The third-order valence-electron chi connectivity index (χ3n) is 5.30. The summed E-state index contributed by atoms with van der Waals surface area (Å²) in [5, 5.41) is 0. The molecule has 28 heavy (non-hydrogen) atoms. The van der Waals surface area contributed by atoms with E-state index in [1.807, 2.05) is 0 Å². The first-order chi connectivity index (χ1) is 13.5. The zero-order valence-electron chi connectivity index (χ0n) is 15.3. The number of carbonyl (C=O) groups excluding carboxylic acids is 4. The van der Waals surface area contributed by atoms with Gasteiger partial charge in [-0.05, 0) is 12.1 Å². The molecule has 0 unspecified atom stereocenters. The molecule has 0 aliphatic carbocycles. The predicted molar refractivity (Wildman–Crippen MR) is 99.7 cm³/mol. The third kappa shape index (κ3) is 2.51. The highest BCUT2D eigenvalue weighted by Crippen LogP contribution is 2.44. The Morgan fingerprint density at radius 3 is 2.46 bits per heavy atom. The minimum atomic E-state index is -1.57. The van der Waals surface area contributed by atoms with E-state index in [0.717, 1.165) is 0 Å². The molecule has 1 atom stereocenters. The van der Waals surface area contributed by atoms with E-state index in [2.05, 4.69) is 0 Å². The molecule has 2 aromatic carbocycles. The second-order valence-electron chi connectivity index (χ2n) is 6.79. The number of Topliss-reactive ketones (excluding diaryl/α,β-unsaturated/α-hetero) is 1. The monoisotopic (exact) mass is 378 g/mol. The fourth-order valence-corrected chi connectivity index (χ4v) is 3.84. The highest BCUT2D eigenvalue weighted by atomic mass is 16.5. The second-order valence-corrected chi connectivity index (χ2v) is 6.79. The summed E-state index contributed by atoms with van der Waals surface area (Å²) < 4.78 is 5.31. The van der Waals surface area contributed by atoms with Crippen molar-refractivity contribution in [3.8, 4) is 0 Å². The minimum Gasteiger partial charge on any atom is -0.454 e. The van der Waals surface area contributed by atoms with E-state index in [-0.39, 0.29) is 30.4 Å². The molecular formula is C21H18N2O5. The lowest BCUT2D eigenvalue weighted by atomic mass is 9.97. The molecule has 2 aliphatic rings. The van der Waals surface area contributed by atoms with Crippen LogP contribution in [0, 0.1) is 0 Å². The van der Waals surface area contributed by atoms with Crippen LogP contribution in [0.4, 0.5) is 5.69 Å². The highest BCUT2D eigenvalue weighted by molar-refractivity contribution is 6.15. The van der Waals surface area contributed by atoms with Gasteiger partial charge < -0.3 is 9.64 Å². The normalized spacial score (nSPS) is 20.6. The molecule has 0 aromatic heterocycles. The maximum Gasteiger partial charge on any atom is 0.354 e. The molecule has 0 N–H and O–H groups in total. The molecular weight excluding hydrogens is 360 g/mol. The van der Waals surface area contributed by atoms with E-state index in [4.69, 9.17) is 4.74 Å². The van der Waals surface area contributed by atoms with Crippen LogP contribution in [0.15, 0.2) is 54.6 Å². The molecule has 1 fully saturated rings. The van der Waals surface area contributed by atoms with E-state index in [1.54, 1.807) is 54.6 Å². The standard InChI is InChI=1S/C21H18N2O5/c1-22-19(26)15-9-5-6-10-16(15)23-18(25)11-12-21(22,23)20(27)28-13-17(24)14-7-3-2-4-8-14/h2-10H,11-13H2,1H3/t21-/m1/s1. The minimum absolute atomic E-state index is 0.105. The Morgan fingerprint density at radius 1 is 1.04 bits per heavy atom. The van der Waals surface area contributed by atoms with Crippen LogP contribution >= 0.6 is 0 Å². The van der Waals surface area contributed by atoms with Gasteiger partial charge in [0.15, 0.2) is 12.4 Å². The fourth-order valence-electron chi connectivity index (χ4n) is 3.84. The van der Waals surface area contributed by atoms with E-state index < -0.39 is 18.2 Å². The average Bonchev–Trinajstić information content (AvgIpc) is 3.09. The molecule has 1 saturated heterocycles. The van der Waals surface area contributed by atoms with Crippen molar-refractivity contribution in [2.24, 2.45) is 0 Å². The number of benzene rings is 2. The molecule has 2 heterocycles. The summed E-state index contributed by atoms with van der Waals surface area (Å²) >= 11 is 0. The van der Waals surface area contributed by atoms with Gasteiger partial charge in [0.1, 0.15) is 0 Å². The lowest BCUT2D eigenvalue weighted by Gasteiger charge is -2.46. The molecule has 0 bridgehead atoms. The largest absolute Gasteiger partial charge is 0.454 e. The number of nitrogens with zero attached hydrogens (tertiary/aromatic N) is 2. The Hall–Kier alpha value is -3.48. The van der Waals surface area contributed by atoms with Crippen molar-refractivity contribution in [1.29, 1.82) is 0 Å². The molecule has 7 heteroatoms. The van der Waals surface area contributed by atoms with Gasteiger partial charge >= 0.3 is 5.97 Å². The number of rotatable bonds is 4. The highest BCUT2D eigenvalue weighted by Gasteiger charge is 2.60. The van der Waals surface area contributed by atoms with Crippen molar-refractivity contribution in [1.82, 2.24) is 4.90 Å². The van der Waals surface area contributed by atoms with Gasteiger partial charge in [-0.25, -0.2) is 4.79 Å². The fraction of sp³-hybridized carbons (Fsp3) is 0.238. The van der Waals surface area contributed by atoms with Gasteiger partial charge in [-0.2, -0.15) is 0 Å². The molecule has 7 nitrogen and oxygen atoms in total. The van der Waals surface area contributed by atoms with Crippen molar-refractivity contribution < 1.29 is 23.9 Å². The van der Waals surface area contributed by atoms with Gasteiger partial charge in [-0.1, -0.05) is 42.5 Å². The van der Waals surface area contributed by atoms with Crippen LogP contribution in [0.3, 0.4) is 0 Å². The molecule has 2 aliphatic heterocycles. The summed E-state index contributed by atoms with van der Waals surface area (Å²) in [6, 6.07) is 15.1. The van der Waals surface area contributed by atoms with E-state index >= 15 is 0 Å². The quantitative estimate of drug-likeness (QED) is 0.600. The number of ketones is 1. The van der Waals surface area contributed by atoms with Gasteiger partial charge in [0.25, 0.3) is 5.91 Å². The summed E-state index contributed by atoms with van der Waals surface area (Å²) in [4.78, 5) is 53.4. The maximum atomic E-state index is 13.1. The van der Waals surface area contributed by atoms with Crippen molar-refractivity contribution in [3.05, 3.63) is 65.7 Å². The summed E-state index contributed by atoms with van der Waals surface area (Å²) in [6.07, 6.45) is 0.217. The van der Waals surface area contributed by atoms with Gasteiger partial charge in [0.2, 0.25) is 11.6 Å². The van der Waals surface area contributed by atoms with Crippen LogP contribution in [0.2, 0.25) is 0 Å². The predicted octanol–water partition coefficient (Wildman–Crippen LogP) is 2.02. The Morgan fingerprint density at radius 2 is 1.71 bits per heavy atom. The zero-order chi connectivity index (χ0) is 19.9. The average molecular weight is 378 g/mol. The number of carbonyl (C=O) groups is 4. The summed E-state index contributed by atoms with van der Waals surface area (Å²) in [5.74, 6) is -1.77. The number of esters is 1. The smallest absolute Gasteiger partial charge is 0.354 e. The molecule has 2 amide bonds. The maximum absolute atomic E-state index is 13.1. The van der Waals surface area contributed by atoms with E-state index in [0.29, 0.717) is 16.8 Å². The van der Waals surface area contributed by atoms with Crippen LogP contribution in [0.25, 0.3) is 0 Å². The summed E-state index contributed by atoms with van der Waals surface area (Å²) in [7, 11) is 1.48. The Kier molecular flexibility index (Phi) is 4.22. The first kappa shape index (κ1) is 17.9. The number of amides is 2. The third-order valence-corrected chi connectivity index (χ3v) is 5.30. The van der Waals surface area contributed by atoms with Crippen molar-refractivity contribution in [2.75, 3.05) is 18.6 Å². The molecule has 4 rings (SSSR count). The first-order valence-electron chi connectivity index (χ1n) is 8.92. The molecule has 2 aromatic rings. The number of para-hydroxylation sites is 1. The van der Waals surface area contributed by atoms with Gasteiger partial charge in [0.05, 0.1) is 11.3 Å². The van der Waals surface area contributed by atoms with Crippen molar-refractivity contribution in [3.63, 3.8) is 0 Å². The van der Waals surface area contributed by atoms with Crippen LogP contribution in [0.1, 0.15) is 33.6 Å². The summed E-state index contributed by atoms with van der Waals surface area (Å²) in [6.45, 7) is -0.462. The molecule has 0 spiro atoms. The van der Waals surface area contributed by atoms with Crippen LogP contribution < -0.4 is 4.90 Å². The zero-order valence-corrected chi connectivity index (χ0v) is 15.3. The number of anilines is 1. The van der Waals surface area contributed by atoms with Gasteiger partial charge in [-0.15, -0.1) is 0 Å². The summed E-state index contributed by atoms with van der Waals surface area (Å²) in [5.41, 5.74) is -0.409. The Bertz CT molecular complexity index is 987.